The lowest BCUT2D eigenvalue weighted by Gasteiger charge is -2.48. The highest BCUT2D eigenvalue weighted by Crippen LogP contribution is 2.34. The van der Waals surface area contributed by atoms with Crippen LogP contribution in [0.4, 0.5) is 0 Å². The van der Waals surface area contributed by atoms with Crippen molar-refractivity contribution in [2.75, 3.05) is 26.2 Å². The molecular formula is C18H36N2O. The summed E-state index contributed by atoms with van der Waals surface area (Å²) in [7, 11) is 0. The average Bonchev–Trinajstić information content (AvgIpc) is 2.85. The highest BCUT2D eigenvalue weighted by Gasteiger charge is 2.41. The first-order valence-corrected chi connectivity index (χ1v) is 8.98. The molecule has 2 unspecified atom stereocenters. The van der Waals surface area contributed by atoms with E-state index in [0.717, 1.165) is 25.6 Å². The van der Waals surface area contributed by atoms with Crippen LogP contribution in [0, 0.1) is 5.92 Å². The Kier molecular flexibility index (Phi) is 5.72. The Morgan fingerprint density at radius 3 is 2.52 bits per heavy atom. The number of rotatable bonds is 5. The molecule has 0 bridgehead atoms. The largest absolute Gasteiger partial charge is 0.375 e. The lowest BCUT2D eigenvalue weighted by Crippen LogP contribution is -2.65. The van der Waals surface area contributed by atoms with Crippen molar-refractivity contribution in [3.8, 4) is 0 Å². The summed E-state index contributed by atoms with van der Waals surface area (Å²) in [6, 6.07) is 0.671. The van der Waals surface area contributed by atoms with Gasteiger partial charge in [-0.2, -0.15) is 0 Å². The van der Waals surface area contributed by atoms with E-state index in [-0.39, 0.29) is 5.60 Å². The fraction of sp³-hybridized carbons (Fsp3) is 1.00. The molecule has 1 heterocycles. The minimum absolute atomic E-state index is 0.0229. The van der Waals surface area contributed by atoms with Crippen molar-refractivity contribution in [3.63, 3.8) is 0 Å². The molecule has 0 aromatic carbocycles. The van der Waals surface area contributed by atoms with Crippen molar-refractivity contribution in [1.82, 2.24) is 10.2 Å². The highest BCUT2D eigenvalue weighted by atomic mass is 16.5. The van der Waals surface area contributed by atoms with Gasteiger partial charge in [0.05, 0.1) is 12.2 Å². The smallest absolute Gasteiger partial charge is 0.0600 e. The second kappa shape index (κ2) is 6.97. The minimum Gasteiger partial charge on any atom is -0.375 e. The molecule has 2 aliphatic rings. The van der Waals surface area contributed by atoms with Crippen molar-refractivity contribution in [2.45, 2.75) is 83.9 Å². The van der Waals surface area contributed by atoms with Crippen LogP contribution < -0.4 is 5.32 Å². The zero-order valence-corrected chi connectivity index (χ0v) is 14.9. The fourth-order valence-corrected chi connectivity index (χ4v) is 3.95. The Morgan fingerprint density at radius 1 is 1.29 bits per heavy atom. The lowest BCUT2D eigenvalue weighted by atomic mass is 9.87. The van der Waals surface area contributed by atoms with E-state index >= 15 is 0 Å². The molecule has 0 aromatic rings. The molecule has 2 fully saturated rings. The number of nitrogens with zero attached hydrogens (tertiary/aromatic N) is 1. The SMILES string of the molecule is CCC(C)C1CNC2(CCCC2)CN1CCOC(C)(C)C. The molecule has 1 spiro atoms. The minimum atomic E-state index is -0.0229. The summed E-state index contributed by atoms with van der Waals surface area (Å²) in [4.78, 5) is 2.72. The van der Waals surface area contributed by atoms with Crippen molar-refractivity contribution >= 4 is 0 Å². The number of hydrogen-bond acceptors (Lipinski definition) is 3. The highest BCUT2D eigenvalue weighted by molar-refractivity contribution is 5.01. The molecule has 1 aliphatic heterocycles. The third-order valence-corrected chi connectivity index (χ3v) is 5.44. The number of piperazine rings is 1. The first-order valence-electron chi connectivity index (χ1n) is 8.98. The molecule has 1 saturated heterocycles. The molecule has 0 aromatic heterocycles. The number of nitrogens with one attached hydrogen (secondary N) is 1. The summed E-state index contributed by atoms with van der Waals surface area (Å²) in [5, 5.41) is 3.91. The molecule has 0 radical (unpaired) electrons. The van der Waals surface area contributed by atoms with E-state index in [9.17, 15) is 0 Å². The first kappa shape index (κ1) is 17.2. The van der Waals surface area contributed by atoms with Crippen molar-refractivity contribution in [2.24, 2.45) is 5.92 Å². The maximum absolute atomic E-state index is 5.98. The maximum atomic E-state index is 5.98. The van der Waals surface area contributed by atoms with Gasteiger partial charge in [-0.25, -0.2) is 0 Å². The van der Waals surface area contributed by atoms with Crippen LogP contribution in [0.1, 0.15) is 66.7 Å². The fourth-order valence-electron chi connectivity index (χ4n) is 3.95. The molecule has 1 saturated carbocycles. The molecule has 1 aliphatic carbocycles. The molecule has 3 heteroatoms. The summed E-state index contributed by atoms with van der Waals surface area (Å²) < 4.78 is 5.98. The summed E-state index contributed by atoms with van der Waals surface area (Å²) >= 11 is 0. The summed E-state index contributed by atoms with van der Waals surface area (Å²) in [6.45, 7) is 15.5. The zero-order valence-electron chi connectivity index (χ0n) is 14.9. The van der Waals surface area contributed by atoms with E-state index in [1.807, 2.05) is 0 Å². The van der Waals surface area contributed by atoms with Crippen LogP contribution in [0.15, 0.2) is 0 Å². The van der Waals surface area contributed by atoms with Gasteiger partial charge >= 0.3 is 0 Å². The summed E-state index contributed by atoms with van der Waals surface area (Å²) in [5.74, 6) is 0.755. The maximum Gasteiger partial charge on any atom is 0.0600 e. The van der Waals surface area contributed by atoms with Crippen LogP contribution in [0.3, 0.4) is 0 Å². The lowest BCUT2D eigenvalue weighted by molar-refractivity contribution is -0.0331. The molecule has 124 valence electrons. The topological polar surface area (TPSA) is 24.5 Å². The van der Waals surface area contributed by atoms with Crippen LogP contribution in [0.5, 0.6) is 0 Å². The molecule has 2 rings (SSSR count). The molecule has 2 atom stereocenters. The zero-order chi connectivity index (χ0) is 15.5. The van der Waals surface area contributed by atoms with Crippen LogP contribution in [-0.2, 0) is 4.74 Å². The third-order valence-electron chi connectivity index (χ3n) is 5.44. The molecular weight excluding hydrogens is 260 g/mol. The van der Waals surface area contributed by atoms with Gasteiger partial charge in [0.2, 0.25) is 0 Å². The predicted molar refractivity (Wildman–Crippen MR) is 89.7 cm³/mol. The van der Waals surface area contributed by atoms with Crippen molar-refractivity contribution < 1.29 is 4.74 Å². The molecule has 21 heavy (non-hydrogen) atoms. The molecule has 1 N–H and O–H groups in total. The summed E-state index contributed by atoms with van der Waals surface area (Å²) in [6.07, 6.45) is 6.77. The standard InChI is InChI=1S/C18H36N2O/c1-6-15(2)16-13-19-18(9-7-8-10-18)14-20(16)11-12-21-17(3,4)5/h15-16,19H,6-14H2,1-5H3. The van der Waals surface area contributed by atoms with Crippen molar-refractivity contribution in [3.05, 3.63) is 0 Å². The normalized spacial score (nSPS) is 28.1. The van der Waals surface area contributed by atoms with Crippen molar-refractivity contribution in [1.29, 1.82) is 0 Å². The van der Waals surface area contributed by atoms with Gasteiger partial charge in [0.15, 0.2) is 0 Å². The number of ether oxygens (including phenoxy) is 1. The van der Waals surface area contributed by atoms with Gasteiger partial charge in [-0.15, -0.1) is 0 Å². The summed E-state index contributed by atoms with van der Waals surface area (Å²) in [5.41, 5.74) is 0.386. The molecule has 3 nitrogen and oxygen atoms in total. The van der Waals surface area contributed by atoms with Gasteiger partial charge in [0.25, 0.3) is 0 Å². The number of hydrogen-bond donors (Lipinski definition) is 1. The molecule has 0 amide bonds. The Morgan fingerprint density at radius 2 is 1.95 bits per heavy atom. The second-order valence-corrected chi connectivity index (χ2v) is 8.25. The van der Waals surface area contributed by atoms with Crippen LogP contribution in [-0.4, -0.2) is 48.3 Å². The van der Waals surface area contributed by atoms with Gasteiger partial charge in [0, 0.05) is 31.2 Å². The average molecular weight is 296 g/mol. The second-order valence-electron chi connectivity index (χ2n) is 8.25. The Labute approximate surface area is 131 Å². The van der Waals surface area contributed by atoms with Crippen LogP contribution >= 0.6 is 0 Å². The first-order chi connectivity index (χ1) is 9.85. The Balaban J connectivity index is 1.95. The van der Waals surface area contributed by atoms with Crippen LogP contribution in [0.25, 0.3) is 0 Å². The van der Waals surface area contributed by atoms with Crippen LogP contribution in [0.2, 0.25) is 0 Å². The van der Waals surface area contributed by atoms with Gasteiger partial charge in [0.1, 0.15) is 0 Å². The van der Waals surface area contributed by atoms with E-state index in [1.165, 1.54) is 38.6 Å². The quantitative estimate of drug-likeness (QED) is 0.841. The van der Waals surface area contributed by atoms with E-state index in [4.69, 9.17) is 4.74 Å². The van der Waals surface area contributed by atoms with E-state index in [1.54, 1.807) is 0 Å². The van der Waals surface area contributed by atoms with Gasteiger partial charge < -0.3 is 10.1 Å². The Hall–Kier alpha value is -0.120. The monoisotopic (exact) mass is 296 g/mol. The Bertz CT molecular complexity index is 318. The predicted octanol–water partition coefficient (Wildman–Crippen LogP) is 3.43. The third kappa shape index (κ3) is 4.67. The van der Waals surface area contributed by atoms with Gasteiger partial charge in [-0.05, 0) is 39.5 Å². The van der Waals surface area contributed by atoms with E-state index in [0.29, 0.717) is 11.6 Å². The van der Waals surface area contributed by atoms with Gasteiger partial charge in [-0.3, -0.25) is 4.90 Å². The van der Waals surface area contributed by atoms with Gasteiger partial charge in [-0.1, -0.05) is 33.1 Å². The van der Waals surface area contributed by atoms with E-state index < -0.39 is 0 Å². The van der Waals surface area contributed by atoms with E-state index in [2.05, 4.69) is 44.8 Å².